The summed E-state index contributed by atoms with van der Waals surface area (Å²) in [6.07, 6.45) is 1.32. The molecule has 74 valence electrons. The van der Waals surface area contributed by atoms with Gasteiger partial charge in [0.2, 0.25) is 0 Å². The second-order valence-electron chi connectivity index (χ2n) is 3.17. The monoisotopic (exact) mass is 203 g/mol. The highest BCUT2D eigenvalue weighted by Crippen LogP contribution is 2.32. The van der Waals surface area contributed by atoms with Crippen LogP contribution in [0.3, 0.4) is 0 Å². The molecule has 5 heteroatoms. The second-order valence-corrected chi connectivity index (χ2v) is 3.65. The largest absolute Gasteiger partial charge is 0.480 e. The lowest BCUT2D eigenvalue weighted by atomic mass is 9.91. The molecule has 1 rings (SSSR count). The Kier molecular flexibility index (Phi) is 2.98. The Morgan fingerprint density at radius 1 is 1.62 bits per heavy atom. The number of carboxylic acids is 1. The van der Waals surface area contributed by atoms with Crippen LogP contribution in [0.25, 0.3) is 0 Å². The summed E-state index contributed by atoms with van der Waals surface area (Å²) in [5, 5.41) is 9.02. The third-order valence-electron chi connectivity index (χ3n) is 2.49. The van der Waals surface area contributed by atoms with E-state index in [9.17, 15) is 9.59 Å². The average molecular weight is 203 g/mol. The van der Waals surface area contributed by atoms with Crippen LogP contribution in [-0.2, 0) is 9.59 Å². The number of carbonyl (C=O) groups excluding carboxylic acids is 1. The molecule has 1 heterocycles. The van der Waals surface area contributed by atoms with Crippen molar-refractivity contribution in [2.75, 3.05) is 6.54 Å². The minimum Gasteiger partial charge on any atom is -0.480 e. The molecule has 0 radical (unpaired) electrons. The molecule has 0 aliphatic carbocycles. The van der Waals surface area contributed by atoms with Crippen LogP contribution in [-0.4, -0.2) is 33.2 Å². The first-order valence-electron chi connectivity index (χ1n) is 4.29. The van der Waals surface area contributed by atoms with Crippen molar-refractivity contribution in [1.82, 2.24) is 4.31 Å². The van der Waals surface area contributed by atoms with Crippen LogP contribution in [0.5, 0.6) is 0 Å². The molecular formula is C8H13NO3S. The summed E-state index contributed by atoms with van der Waals surface area (Å²) in [7, 11) is 0. The zero-order valence-corrected chi connectivity index (χ0v) is 8.38. The molecule has 0 amide bonds. The predicted molar refractivity (Wildman–Crippen MR) is 50.6 cm³/mol. The fourth-order valence-electron chi connectivity index (χ4n) is 1.72. The van der Waals surface area contributed by atoms with Crippen molar-refractivity contribution >= 4 is 24.6 Å². The van der Waals surface area contributed by atoms with Crippen LogP contribution in [0.15, 0.2) is 0 Å². The normalized spacial score (nSPS) is 29.1. The fourth-order valence-corrected chi connectivity index (χ4v) is 2.16. The molecule has 4 nitrogen and oxygen atoms in total. The molecule has 13 heavy (non-hydrogen) atoms. The highest BCUT2D eigenvalue weighted by Gasteiger charge is 2.51. The van der Waals surface area contributed by atoms with E-state index in [1.807, 2.05) is 0 Å². The van der Waals surface area contributed by atoms with E-state index in [0.29, 0.717) is 19.4 Å². The number of nitrogens with zero attached hydrogens (tertiary/aromatic N) is 1. The molecule has 1 atom stereocenters. The van der Waals surface area contributed by atoms with E-state index in [1.54, 1.807) is 6.92 Å². The van der Waals surface area contributed by atoms with Crippen molar-refractivity contribution in [3.8, 4) is 0 Å². The lowest BCUT2D eigenvalue weighted by Gasteiger charge is -2.28. The molecule has 1 fully saturated rings. The van der Waals surface area contributed by atoms with Gasteiger partial charge in [-0.15, -0.1) is 0 Å². The Bertz CT molecular complexity index is 244. The zero-order chi connectivity index (χ0) is 10.1. The summed E-state index contributed by atoms with van der Waals surface area (Å²) in [6.45, 7) is 2.23. The van der Waals surface area contributed by atoms with Crippen molar-refractivity contribution in [3.05, 3.63) is 0 Å². The number of Topliss-reactive ketones (excluding diaryl/α,β-unsaturated/α-hetero) is 1. The van der Waals surface area contributed by atoms with Crippen LogP contribution in [0.1, 0.15) is 26.2 Å². The van der Waals surface area contributed by atoms with E-state index in [0.717, 1.165) is 0 Å². The number of carbonyl (C=O) groups is 2. The number of ketones is 1. The number of hydrogen-bond donors (Lipinski definition) is 2. The Morgan fingerprint density at radius 2 is 2.23 bits per heavy atom. The van der Waals surface area contributed by atoms with Gasteiger partial charge in [-0.3, -0.25) is 4.79 Å². The SMILES string of the molecule is CCC(=O)[C@@]1(C(=O)O)CCCN1S. The number of thiol groups is 1. The molecule has 0 unspecified atom stereocenters. The summed E-state index contributed by atoms with van der Waals surface area (Å²) in [6, 6.07) is 0. The maximum Gasteiger partial charge on any atom is 0.332 e. The highest BCUT2D eigenvalue weighted by atomic mass is 32.1. The van der Waals surface area contributed by atoms with Crippen molar-refractivity contribution in [3.63, 3.8) is 0 Å². The molecule has 0 aromatic carbocycles. The van der Waals surface area contributed by atoms with E-state index in [1.165, 1.54) is 4.31 Å². The van der Waals surface area contributed by atoms with Crippen molar-refractivity contribution in [1.29, 1.82) is 0 Å². The number of aliphatic carboxylic acids is 1. The molecule has 0 bridgehead atoms. The molecule has 0 spiro atoms. The van der Waals surface area contributed by atoms with Gasteiger partial charge in [0.25, 0.3) is 0 Å². The zero-order valence-electron chi connectivity index (χ0n) is 7.49. The summed E-state index contributed by atoms with van der Waals surface area (Å²) in [4.78, 5) is 22.5. The van der Waals surface area contributed by atoms with Gasteiger partial charge in [-0.1, -0.05) is 19.7 Å². The van der Waals surface area contributed by atoms with Gasteiger partial charge < -0.3 is 5.11 Å². The predicted octanol–water partition coefficient (Wildman–Crippen LogP) is 0.729. The van der Waals surface area contributed by atoms with Crippen molar-refractivity contribution in [2.24, 2.45) is 0 Å². The van der Waals surface area contributed by atoms with Gasteiger partial charge in [-0.25, -0.2) is 9.10 Å². The first-order valence-corrected chi connectivity index (χ1v) is 4.69. The van der Waals surface area contributed by atoms with E-state index in [2.05, 4.69) is 12.8 Å². The third-order valence-corrected chi connectivity index (χ3v) is 3.03. The average Bonchev–Trinajstić information content (AvgIpc) is 2.47. The molecule has 0 aromatic heterocycles. The van der Waals surface area contributed by atoms with Gasteiger partial charge in [0, 0.05) is 13.0 Å². The molecule has 1 aliphatic rings. The van der Waals surface area contributed by atoms with Gasteiger partial charge in [-0.2, -0.15) is 0 Å². The molecular weight excluding hydrogens is 190 g/mol. The van der Waals surface area contributed by atoms with Crippen LogP contribution >= 0.6 is 12.8 Å². The molecule has 1 aliphatic heterocycles. The van der Waals surface area contributed by atoms with Gasteiger partial charge in [0.1, 0.15) is 0 Å². The van der Waals surface area contributed by atoms with E-state index in [4.69, 9.17) is 5.11 Å². The van der Waals surface area contributed by atoms with E-state index >= 15 is 0 Å². The first kappa shape index (κ1) is 10.5. The summed E-state index contributed by atoms with van der Waals surface area (Å²) >= 11 is 4.04. The van der Waals surface area contributed by atoms with Gasteiger partial charge in [0.05, 0.1) is 0 Å². The maximum absolute atomic E-state index is 11.5. The molecule has 1 saturated heterocycles. The van der Waals surface area contributed by atoms with Crippen LogP contribution in [0, 0.1) is 0 Å². The number of carboxylic acid groups (broad SMARTS) is 1. The second kappa shape index (κ2) is 3.67. The standard InChI is InChI=1S/C8H13NO3S/c1-2-6(10)8(7(11)12)4-3-5-9(8)13/h13H,2-5H2,1H3,(H,11,12)/t8-/m1/s1. The number of rotatable bonds is 3. The Balaban J connectivity index is 3.00. The highest BCUT2D eigenvalue weighted by molar-refractivity contribution is 7.77. The lowest BCUT2D eigenvalue weighted by molar-refractivity contribution is -0.152. The summed E-state index contributed by atoms with van der Waals surface area (Å²) in [5.41, 5.74) is -1.36. The fraction of sp³-hybridized carbons (Fsp3) is 0.750. The topological polar surface area (TPSA) is 57.6 Å². The smallest absolute Gasteiger partial charge is 0.332 e. The first-order chi connectivity index (χ1) is 6.05. The molecule has 0 aromatic rings. The van der Waals surface area contributed by atoms with E-state index < -0.39 is 11.5 Å². The van der Waals surface area contributed by atoms with Crippen LogP contribution < -0.4 is 0 Å². The Morgan fingerprint density at radius 3 is 2.54 bits per heavy atom. The molecule has 1 N–H and O–H groups in total. The van der Waals surface area contributed by atoms with Gasteiger partial charge in [-0.05, 0) is 12.8 Å². The quantitative estimate of drug-likeness (QED) is 0.524. The Hall–Kier alpha value is -0.550. The van der Waals surface area contributed by atoms with Gasteiger partial charge >= 0.3 is 5.97 Å². The summed E-state index contributed by atoms with van der Waals surface area (Å²) in [5.74, 6) is -1.33. The van der Waals surface area contributed by atoms with Gasteiger partial charge in [0.15, 0.2) is 11.3 Å². The minimum absolute atomic E-state index is 0.239. The maximum atomic E-state index is 11.5. The van der Waals surface area contributed by atoms with E-state index in [-0.39, 0.29) is 12.2 Å². The minimum atomic E-state index is -1.36. The van der Waals surface area contributed by atoms with Crippen LogP contribution in [0.2, 0.25) is 0 Å². The third kappa shape index (κ3) is 1.46. The lowest BCUT2D eigenvalue weighted by Crippen LogP contribution is -2.52. The number of hydrogen-bond acceptors (Lipinski definition) is 4. The van der Waals surface area contributed by atoms with Crippen molar-refractivity contribution < 1.29 is 14.7 Å². The molecule has 0 saturated carbocycles. The van der Waals surface area contributed by atoms with Crippen LogP contribution in [0.4, 0.5) is 0 Å². The summed E-state index contributed by atoms with van der Waals surface area (Å²) < 4.78 is 1.35. The van der Waals surface area contributed by atoms with Crippen molar-refractivity contribution in [2.45, 2.75) is 31.7 Å². The Labute approximate surface area is 82.5 Å².